The van der Waals surface area contributed by atoms with Crippen LogP contribution in [0, 0.1) is 30.3 Å². The Morgan fingerprint density at radius 1 is 1.17 bits per heavy atom. The van der Waals surface area contributed by atoms with Crippen LogP contribution in [-0.2, 0) is 0 Å². The fraction of sp³-hybridized carbons (Fsp3) is 0.333. The van der Waals surface area contributed by atoms with Crippen LogP contribution in [0.5, 0.6) is 0 Å². The largest absolute Gasteiger partial charge is 0.500 e. The van der Waals surface area contributed by atoms with Crippen molar-refractivity contribution in [2.45, 2.75) is 11.4 Å². The number of nitrogens with zero attached hydrogens (tertiary/aromatic N) is 3. The van der Waals surface area contributed by atoms with Crippen molar-refractivity contribution < 1.29 is 19.9 Å². The zero-order valence-electron chi connectivity index (χ0n) is 8.20. The summed E-state index contributed by atoms with van der Waals surface area (Å²) in [5.74, 6) is -1.44. The standard InChI is InChI=1S/C6H3Cl2N3O7/c7-3-2(9(13)14)1-6(8,11(17)18)5(12)4(3)10(15)16/h12H,1H2. The molecule has 0 saturated carbocycles. The first kappa shape index (κ1) is 14.1. The molecule has 0 aromatic carbocycles. The third-order valence-corrected chi connectivity index (χ3v) is 2.99. The molecule has 0 saturated heterocycles. The lowest BCUT2D eigenvalue weighted by Gasteiger charge is -2.19. The van der Waals surface area contributed by atoms with Crippen molar-refractivity contribution in [2.24, 2.45) is 0 Å². The van der Waals surface area contributed by atoms with E-state index in [-0.39, 0.29) is 0 Å². The van der Waals surface area contributed by atoms with Crippen molar-refractivity contribution in [1.82, 2.24) is 0 Å². The molecule has 0 amide bonds. The Kier molecular flexibility index (Phi) is 3.44. The van der Waals surface area contributed by atoms with Gasteiger partial charge in [0.15, 0.2) is 5.03 Å². The summed E-state index contributed by atoms with van der Waals surface area (Å²) < 4.78 is 0. The molecular weight excluding hydrogens is 297 g/mol. The van der Waals surface area contributed by atoms with Crippen molar-refractivity contribution >= 4 is 23.2 Å². The van der Waals surface area contributed by atoms with Gasteiger partial charge in [0.1, 0.15) is 6.42 Å². The second-order valence-electron chi connectivity index (χ2n) is 3.17. The highest BCUT2D eigenvalue weighted by Gasteiger charge is 2.59. The van der Waals surface area contributed by atoms with Gasteiger partial charge in [-0.2, -0.15) is 0 Å². The van der Waals surface area contributed by atoms with E-state index in [0.717, 1.165) is 0 Å². The molecule has 1 aliphatic rings. The minimum absolute atomic E-state index is 0.986. The smallest absolute Gasteiger partial charge is 0.368 e. The number of halogens is 2. The van der Waals surface area contributed by atoms with Crippen LogP contribution in [0.4, 0.5) is 0 Å². The van der Waals surface area contributed by atoms with Crippen LogP contribution in [0.2, 0.25) is 0 Å². The zero-order chi connectivity index (χ0) is 14.2. The van der Waals surface area contributed by atoms with E-state index >= 15 is 0 Å². The Morgan fingerprint density at radius 3 is 2.00 bits per heavy atom. The Hall–Kier alpha value is -1.94. The van der Waals surface area contributed by atoms with Crippen LogP contribution in [-0.4, -0.2) is 24.9 Å². The normalized spacial score (nSPS) is 24.1. The fourth-order valence-electron chi connectivity index (χ4n) is 1.27. The average molecular weight is 300 g/mol. The second-order valence-corrected chi connectivity index (χ2v) is 4.17. The molecule has 0 aromatic heterocycles. The van der Waals surface area contributed by atoms with Gasteiger partial charge in [-0.25, -0.2) is 0 Å². The molecule has 12 heteroatoms. The summed E-state index contributed by atoms with van der Waals surface area (Å²) in [6, 6.07) is 0. The summed E-state index contributed by atoms with van der Waals surface area (Å²) in [4.78, 5) is 25.4. The van der Waals surface area contributed by atoms with Crippen molar-refractivity contribution in [2.75, 3.05) is 0 Å². The lowest BCUT2D eigenvalue weighted by atomic mass is 10.0. The van der Waals surface area contributed by atoms with E-state index in [1.807, 2.05) is 0 Å². The van der Waals surface area contributed by atoms with Crippen molar-refractivity contribution in [3.8, 4) is 0 Å². The van der Waals surface area contributed by atoms with Crippen LogP contribution in [0.1, 0.15) is 6.42 Å². The maximum Gasteiger partial charge on any atom is 0.368 e. The number of aliphatic hydroxyl groups excluding tert-OH is 1. The quantitative estimate of drug-likeness (QED) is 0.358. The van der Waals surface area contributed by atoms with Gasteiger partial charge in [0.2, 0.25) is 0 Å². The first-order chi connectivity index (χ1) is 8.12. The SMILES string of the molecule is O=[N+]([O-])C1=C(Cl)C([N+](=O)[O-])=C(O)C(Cl)([N+](=O)[O-])C1. The summed E-state index contributed by atoms with van der Waals surface area (Å²) in [7, 11) is 0. The first-order valence-corrected chi connectivity index (χ1v) is 4.83. The van der Waals surface area contributed by atoms with Gasteiger partial charge in [-0.15, -0.1) is 0 Å². The highest BCUT2D eigenvalue weighted by Crippen LogP contribution is 2.42. The van der Waals surface area contributed by atoms with Crippen LogP contribution in [0.3, 0.4) is 0 Å². The predicted molar refractivity (Wildman–Crippen MR) is 56.7 cm³/mol. The zero-order valence-corrected chi connectivity index (χ0v) is 9.71. The minimum Gasteiger partial charge on any atom is -0.500 e. The summed E-state index contributed by atoms with van der Waals surface area (Å²) in [6.07, 6.45) is -1.07. The van der Waals surface area contributed by atoms with E-state index in [9.17, 15) is 35.4 Å². The summed E-state index contributed by atoms with van der Waals surface area (Å²) in [5, 5.41) is 40.4. The first-order valence-electron chi connectivity index (χ1n) is 4.07. The van der Waals surface area contributed by atoms with E-state index < -0.39 is 48.4 Å². The Labute approximate surface area is 108 Å². The van der Waals surface area contributed by atoms with Gasteiger partial charge in [0, 0.05) is 0 Å². The monoisotopic (exact) mass is 299 g/mol. The number of aliphatic hydroxyl groups is 1. The van der Waals surface area contributed by atoms with Crippen LogP contribution in [0.25, 0.3) is 0 Å². The predicted octanol–water partition coefficient (Wildman–Crippen LogP) is 1.38. The summed E-state index contributed by atoms with van der Waals surface area (Å²) >= 11 is 10.8. The number of allylic oxidation sites excluding steroid dienone is 1. The van der Waals surface area contributed by atoms with Crippen molar-refractivity contribution in [3.05, 3.63) is 52.5 Å². The molecule has 1 N–H and O–H groups in total. The van der Waals surface area contributed by atoms with Gasteiger partial charge in [-0.3, -0.25) is 30.3 Å². The minimum atomic E-state index is -2.87. The molecule has 0 bridgehead atoms. The van der Waals surface area contributed by atoms with E-state index in [0.29, 0.717) is 0 Å². The molecule has 1 rings (SSSR count). The van der Waals surface area contributed by atoms with Gasteiger partial charge >= 0.3 is 10.7 Å². The van der Waals surface area contributed by atoms with E-state index in [1.165, 1.54) is 0 Å². The van der Waals surface area contributed by atoms with Gasteiger partial charge in [0.05, 0.1) is 14.8 Å². The molecule has 18 heavy (non-hydrogen) atoms. The molecule has 0 aliphatic heterocycles. The second kappa shape index (κ2) is 4.38. The Bertz CT molecular complexity index is 527. The lowest BCUT2D eigenvalue weighted by molar-refractivity contribution is -0.547. The third kappa shape index (κ3) is 1.95. The molecule has 1 unspecified atom stereocenters. The van der Waals surface area contributed by atoms with Crippen LogP contribution < -0.4 is 0 Å². The molecule has 1 atom stereocenters. The van der Waals surface area contributed by atoms with Crippen LogP contribution >= 0.6 is 23.2 Å². The average Bonchev–Trinajstić information content (AvgIpc) is 2.22. The molecule has 0 heterocycles. The molecular formula is C6H3Cl2N3O7. The van der Waals surface area contributed by atoms with Gasteiger partial charge in [0.25, 0.3) is 11.5 Å². The molecule has 0 spiro atoms. The molecule has 1 aliphatic carbocycles. The molecule has 10 nitrogen and oxygen atoms in total. The Balaban J connectivity index is 3.61. The highest BCUT2D eigenvalue weighted by molar-refractivity contribution is 6.33. The number of rotatable bonds is 3. The summed E-state index contributed by atoms with van der Waals surface area (Å²) in [6.45, 7) is 0. The molecule has 98 valence electrons. The van der Waals surface area contributed by atoms with E-state index in [2.05, 4.69) is 0 Å². The van der Waals surface area contributed by atoms with Gasteiger partial charge < -0.3 is 5.11 Å². The fourth-order valence-corrected chi connectivity index (χ4v) is 1.78. The number of hydrogen-bond acceptors (Lipinski definition) is 7. The molecule has 0 aromatic rings. The number of hydrogen-bond donors (Lipinski definition) is 1. The number of nitro groups is 3. The molecule has 0 fully saturated rings. The summed E-state index contributed by atoms with van der Waals surface area (Å²) in [5.41, 5.74) is -2.35. The Morgan fingerprint density at radius 2 is 1.67 bits per heavy atom. The van der Waals surface area contributed by atoms with E-state index in [4.69, 9.17) is 23.2 Å². The van der Waals surface area contributed by atoms with E-state index in [1.54, 1.807) is 0 Å². The van der Waals surface area contributed by atoms with Gasteiger partial charge in [-0.1, -0.05) is 11.6 Å². The number of alkyl halides is 1. The van der Waals surface area contributed by atoms with Gasteiger partial charge in [-0.05, 0) is 11.6 Å². The highest BCUT2D eigenvalue weighted by atomic mass is 35.5. The third-order valence-electron chi connectivity index (χ3n) is 2.14. The molecule has 0 radical (unpaired) electrons. The maximum absolute atomic E-state index is 10.7. The van der Waals surface area contributed by atoms with Crippen LogP contribution in [0.15, 0.2) is 22.2 Å². The lowest BCUT2D eigenvalue weighted by Crippen LogP contribution is -2.40. The maximum atomic E-state index is 10.7. The topological polar surface area (TPSA) is 150 Å². The van der Waals surface area contributed by atoms with Crippen molar-refractivity contribution in [1.29, 1.82) is 0 Å². The van der Waals surface area contributed by atoms with Crippen molar-refractivity contribution in [3.63, 3.8) is 0 Å².